The summed E-state index contributed by atoms with van der Waals surface area (Å²) < 4.78 is 0. The summed E-state index contributed by atoms with van der Waals surface area (Å²) >= 11 is 7.85. The molecule has 10 nitrogen and oxygen atoms in total. The van der Waals surface area contributed by atoms with Crippen molar-refractivity contribution < 1.29 is 0 Å². The first kappa shape index (κ1) is 17.0. The highest BCUT2D eigenvalue weighted by Gasteiger charge is 2.18. The van der Waals surface area contributed by atoms with E-state index in [-0.39, 0.29) is 26.7 Å². The average Bonchev–Trinajstić information content (AvgIpc) is 2.50. The van der Waals surface area contributed by atoms with Crippen molar-refractivity contribution in [3.8, 4) is 0 Å². The second kappa shape index (κ2) is 7.66. The van der Waals surface area contributed by atoms with E-state index >= 15 is 0 Å². The number of rotatable bonds is 2. The number of nitrogen functional groups attached to an aromatic ring is 2. The van der Waals surface area contributed by atoms with Gasteiger partial charge in [0.2, 0.25) is 10.3 Å². The van der Waals surface area contributed by atoms with Gasteiger partial charge in [0.15, 0.2) is 0 Å². The molecule has 0 fully saturated rings. The number of halogens is 1. The molecule has 1 aromatic carbocycles. The van der Waals surface area contributed by atoms with E-state index in [4.69, 9.17) is 45.8 Å². The van der Waals surface area contributed by atoms with Crippen LogP contribution < -0.4 is 23.2 Å². The van der Waals surface area contributed by atoms with E-state index in [1.807, 2.05) is 0 Å². The van der Waals surface area contributed by atoms with Crippen LogP contribution in [-0.4, -0.2) is 10.3 Å². The lowest BCUT2D eigenvalue weighted by Crippen LogP contribution is -2.02. The molecular formula is C8H11ClN10S2. The van der Waals surface area contributed by atoms with Crippen LogP contribution in [0.15, 0.2) is 36.3 Å². The molecular weight excluding hydrogens is 336 g/mol. The number of anilines is 2. The van der Waals surface area contributed by atoms with E-state index in [9.17, 15) is 0 Å². The molecule has 0 spiro atoms. The molecule has 0 aromatic heterocycles. The highest BCUT2D eigenvalue weighted by molar-refractivity contribution is 8.14. The SMILES string of the molecule is N=NC(=NN)Sc1cc(Cl)c(N)c(SC(N=N)=NN)c1N. The van der Waals surface area contributed by atoms with Gasteiger partial charge in [0, 0.05) is 4.90 Å². The van der Waals surface area contributed by atoms with E-state index in [1.54, 1.807) is 0 Å². The number of benzene rings is 1. The molecule has 1 rings (SSSR count). The quantitative estimate of drug-likeness (QED) is 0.0900. The molecule has 0 saturated carbocycles. The number of nitrogens with zero attached hydrogens (tertiary/aromatic N) is 4. The molecule has 1 aromatic rings. The Morgan fingerprint density at radius 3 is 2.00 bits per heavy atom. The number of nitrogens with two attached hydrogens (primary N) is 4. The highest BCUT2D eigenvalue weighted by Crippen LogP contribution is 2.43. The molecule has 21 heavy (non-hydrogen) atoms. The second-order valence-electron chi connectivity index (χ2n) is 3.26. The van der Waals surface area contributed by atoms with Crippen molar-refractivity contribution in [2.75, 3.05) is 11.5 Å². The van der Waals surface area contributed by atoms with Gasteiger partial charge in [-0.05, 0) is 29.6 Å². The van der Waals surface area contributed by atoms with Gasteiger partial charge in [0.05, 0.1) is 21.3 Å². The Morgan fingerprint density at radius 2 is 1.52 bits per heavy atom. The van der Waals surface area contributed by atoms with Crippen molar-refractivity contribution >= 4 is 56.8 Å². The van der Waals surface area contributed by atoms with Gasteiger partial charge in [-0.15, -0.1) is 10.2 Å². The zero-order chi connectivity index (χ0) is 16.0. The molecule has 0 amide bonds. The van der Waals surface area contributed by atoms with Gasteiger partial charge < -0.3 is 23.2 Å². The van der Waals surface area contributed by atoms with E-state index in [0.717, 1.165) is 23.5 Å². The molecule has 112 valence electrons. The molecule has 10 N–H and O–H groups in total. The van der Waals surface area contributed by atoms with Gasteiger partial charge in [-0.1, -0.05) is 11.6 Å². The number of amidine groups is 2. The lowest BCUT2D eigenvalue weighted by molar-refractivity contribution is 1.16. The van der Waals surface area contributed by atoms with Gasteiger partial charge in [-0.3, -0.25) is 0 Å². The first-order chi connectivity index (χ1) is 9.98. The molecule has 0 saturated heterocycles. The van der Waals surface area contributed by atoms with Crippen LogP contribution in [0.4, 0.5) is 11.4 Å². The van der Waals surface area contributed by atoms with E-state index in [1.165, 1.54) is 6.07 Å². The predicted octanol–water partition coefficient (Wildman–Crippen LogP) is 2.21. The van der Waals surface area contributed by atoms with Crippen molar-refractivity contribution in [1.82, 2.24) is 0 Å². The summed E-state index contributed by atoms with van der Waals surface area (Å²) in [5, 5.41) is 13.0. The summed E-state index contributed by atoms with van der Waals surface area (Å²) in [6.45, 7) is 0. The lowest BCUT2D eigenvalue weighted by Gasteiger charge is -2.13. The maximum Gasteiger partial charge on any atom is 0.230 e. The standard InChI is InChI=1S/C8H11ClN10S2/c9-2-1-3(20-7(16-12)17-13)5(11)6(4(2)10)21-8(18-14)19-15/h1,12,14H,10-11,13,15H2. The predicted molar refractivity (Wildman–Crippen MR) is 85.5 cm³/mol. The van der Waals surface area contributed by atoms with E-state index in [0.29, 0.717) is 9.79 Å². The van der Waals surface area contributed by atoms with Crippen LogP contribution in [-0.2, 0) is 0 Å². The minimum Gasteiger partial charge on any atom is -0.397 e. The summed E-state index contributed by atoms with van der Waals surface area (Å²) in [5.41, 5.74) is 26.1. The molecule has 13 heteroatoms. The number of nitrogens with one attached hydrogen (secondary N) is 2. The summed E-state index contributed by atoms with van der Waals surface area (Å²) in [7, 11) is 0. The smallest absolute Gasteiger partial charge is 0.230 e. The molecule has 0 aliphatic rings. The molecule has 0 unspecified atom stereocenters. The van der Waals surface area contributed by atoms with E-state index < -0.39 is 0 Å². The largest absolute Gasteiger partial charge is 0.397 e. The minimum absolute atomic E-state index is 0.0172. The summed E-state index contributed by atoms with van der Waals surface area (Å²) in [4.78, 5) is 0.782. The third-order valence-corrected chi connectivity index (χ3v) is 4.35. The summed E-state index contributed by atoms with van der Waals surface area (Å²) in [6.07, 6.45) is 0. The van der Waals surface area contributed by atoms with Gasteiger partial charge in [-0.25, -0.2) is 11.1 Å². The molecule has 0 atom stereocenters. The minimum atomic E-state index is -0.0514. The van der Waals surface area contributed by atoms with Crippen LogP contribution in [0.1, 0.15) is 0 Å². The zero-order valence-electron chi connectivity index (χ0n) is 10.4. The monoisotopic (exact) mass is 346 g/mol. The van der Waals surface area contributed by atoms with Crippen LogP contribution in [0.25, 0.3) is 0 Å². The summed E-state index contributed by atoms with van der Waals surface area (Å²) in [6, 6.07) is 1.49. The van der Waals surface area contributed by atoms with Crippen molar-refractivity contribution in [3.63, 3.8) is 0 Å². The Labute approximate surface area is 132 Å². The number of hydrazone groups is 2. The maximum atomic E-state index is 6.93. The highest BCUT2D eigenvalue weighted by atomic mass is 35.5. The first-order valence-corrected chi connectivity index (χ1v) is 7.03. The van der Waals surface area contributed by atoms with Crippen molar-refractivity contribution in [2.24, 2.45) is 32.1 Å². The van der Waals surface area contributed by atoms with Crippen LogP contribution >= 0.6 is 35.1 Å². The van der Waals surface area contributed by atoms with Crippen LogP contribution in [0, 0.1) is 11.1 Å². The third-order valence-electron chi connectivity index (χ3n) is 2.08. The van der Waals surface area contributed by atoms with Gasteiger partial charge in [0.25, 0.3) is 0 Å². The average molecular weight is 347 g/mol. The fourth-order valence-electron chi connectivity index (χ4n) is 1.18. The molecule has 0 aliphatic carbocycles. The number of hydrogen-bond acceptors (Lipinski definition) is 10. The van der Waals surface area contributed by atoms with Crippen LogP contribution in [0.2, 0.25) is 5.02 Å². The normalized spacial score (nSPS) is 12.2. The van der Waals surface area contributed by atoms with Crippen molar-refractivity contribution in [3.05, 3.63) is 11.1 Å². The lowest BCUT2D eigenvalue weighted by atomic mass is 10.3. The fourth-order valence-corrected chi connectivity index (χ4v) is 2.97. The Balaban J connectivity index is 3.34. The fraction of sp³-hybridized carbons (Fsp3) is 0. The topological polar surface area (TPSA) is 201 Å². The van der Waals surface area contributed by atoms with Gasteiger partial charge in [-0.2, -0.15) is 10.2 Å². The molecule has 0 radical (unpaired) electrons. The zero-order valence-corrected chi connectivity index (χ0v) is 12.8. The summed E-state index contributed by atoms with van der Waals surface area (Å²) in [5.74, 6) is 10.2. The van der Waals surface area contributed by atoms with Gasteiger partial charge >= 0.3 is 0 Å². The van der Waals surface area contributed by atoms with Gasteiger partial charge in [0.1, 0.15) is 0 Å². The Morgan fingerprint density at radius 1 is 1.00 bits per heavy atom. The van der Waals surface area contributed by atoms with E-state index in [2.05, 4.69) is 20.4 Å². The maximum absolute atomic E-state index is 6.93. The van der Waals surface area contributed by atoms with Crippen molar-refractivity contribution in [1.29, 1.82) is 11.1 Å². The van der Waals surface area contributed by atoms with Crippen molar-refractivity contribution in [2.45, 2.75) is 9.79 Å². The Hall–Kier alpha value is -2.05. The third kappa shape index (κ3) is 3.96. The molecule has 0 bridgehead atoms. The Bertz CT molecular complexity index is 628. The van der Waals surface area contributed by atoms with Crippen LogP contribution in [0.5, 0.6) is 0 Å². The second-order valence-corrected chi connectivity index (χ2v) is 5.66. The molecule has 0 heterocycles. The number of hydrogen-bond donors (Lipinski definition) is 6. The first-order valence-electron chi connectivity index (χ1n) is 5.02. The number of thioether (sulfide) groups is 2. The molecule has 0 aliphatic heterocycles. The van der Waals surface area contributed by atoms with Crippen LogP contribution in [0.3, 0.4) is 0 Å². The Kier molecular flexibility index (Phi) is 6.20.